The highest BCUT2D eigenvalue weighted by atomic mass is 16.6. The molecule has 2 aliphatic carbocycles. The number of hydrogen-bond donors (Lipinski definition) is 2. The standard InChI is InChI=1S/C18H34N2O3/c1-18(2,3)23-17(21)19-12-13-7-5-10-16(13)20-14-8-6-9-15(11-14)22-4/h13-16,20H,5-12H2,1-4H3,(H,19,21). The number of hydrogen-bond acceptors (Lipinski definition) is 4. The van der Waals surface area contributed by atoms with E-state index in [1.165, 1.54) is 38.5 Å². The summed E-state index contributed by atoms with van der Waals surface area (Å²) in [4.78, 5) is 11.8. The van der Waals surface area contributed by atoms with Crippen molar-refractivity contribution < 1.29 is 14.3 Å². The number of amides is 1. The maximum absolute atomic E-state index is 11.8. The molecule has 1 amide bonds. The zero-order valence-corrected chi connectivity index (χ0v) is 15.2. The van der Waals surface area contributed by atoms with Gasteiger partial charge in [-0.2, -0.15) is 0 Å². The number of carbonyl (C=O) groups is 1. The first kappa shape index (κ1) is 18.5. The molecule has 0 spiro atoms. The molecule has 0 radical (unpaired) electrons. The van der Waals surface area contributed by atoms with E-state index in [2.05, 4.69) is 10.6 Å². The molecule has 0 aliphatic heterocycles. The van der Waals surface area contributed by atoms with Crippen molar-refractivity contribution in [2.75, 3.05) is 13.7 Å². The van der Waals surface area contributed by atoms with E-state index in [1.54, 1.807) is 0 Å². The van der Waals surface area contributed by atoms with Crippen LogP contribution in [-0.4, -0.2) is 43.5 Å². The van der Waals surface area contributed by atoms with Crippen molar-refractivity contribution in [3.8, 4) is 0 Å². The molecule has 0 saturated heterocycles. The van der Waals surface area contributed by atoms with E-state index in [0.29, 0.717) is 30.7 Å². The van der Waals surface area contributed by atoms with Gasteiger partial charge >= 0.3 is 6.09 Å². The molecule has 0 aromatic heterocycles. The van der Waals surface area contributed by atoms with Crippen LogP contribution in [0.3, 0.4) is 0 Å². The van der Waals surface area contributed by atoms with Gasteiger partial charge in [0.2, 0.25) is 0 Å². The van der Waals surface area contributed by atoms with E-state index in [0.717, 1.165) is 6.42 Å². The fourth-order valence-electron chi connectivity index (χ4n) is 3.84. The van der Waals surface area contributed by atoms with Crippen LogP contribution < -0.4 is 10.6 Å². The van der Waals surface area contributed by atoms with Gasteiger partial charge in [0.1, 0.15) is 5.60 Å². The zero-order chi connectivity index (χ0) is 16.9. The molecule has 5 nitrogen and oxygen atoms in total. The summed E-state index contributed by atoms with van der Waals surface area (Å²) in [6.45, 7) is 6.37. The van der Waals surface area contributed by atoms with E-state index < -0.39 is 5.60 Å². The Bertz CT molecular complexity index is 381. The van der Waals surface area contributed by atoms with Crippen molar-refractivity contribution in [1.29, 1.82) is 0 Å². The summed E-state index contributed by atoms with van der Waals surface area (Å²) < 4.78 is 10.8. The molecule has 4 atom stereocenters. The van der Waals surface area contributed by atoms with Gasteiger partial charge in [0, 0.05) is 25.7 Å². The highest BCUT2D eigenvalue weighted by Crippen LogP contribution is 2.28. The minimum absolute atomic E-state index is 0.305. The number of alkyl carbamates (subject to hydrolysis) is 1. The number of ether oxygens (including phenoxy) is 2. The van der Waals surface area contributed by atoms with E-state index in [1.807, 2.05) is 27.9 Å². The maximum Gasteiger partial charge on any atom is 0.407 e. The van der Waals surface area contributed by atoms with Gasteiger partial charge in [-0.25, -0.2) is 4.79 Å². The van der Waals surface area contributed by atoms with Gasteiger partial charge < -0.3 is 20.1 Å². The molecule has 2 saturated carbocycles. The smallest absolute Gasteiger partial charge is 0.407 e. The SMILES string of the molecule is COC1CCCC(NC2CCCC2CNC(=O)OC(C)(C)C)C1. The number of carbonyl (C=O) groups excluding carboxylic acids is 1. The van der Waals surface area contributed by atoms with Gasteiger partial charge in [0.15, 0.2) is 0 Å². The molecule has 0 bridgehead atoms. The zero-order valence-electron chi connectivity index (χ0n) is 15.2. The predicted octanol–water partition coefficient (Wildman–Crippen LogP) is 3.23. The molecule has 0 aromatic carbocycles. The van der Waals surface area contributed by atoms with Crippen LogP contribution in [0, 0.1) is 5.92 Å². The lowest BCUT2D eigenvalue weighted by molar-refractivity contribution is 0.0508. The highest BCUT2D eigenvalue weighted by molar-refractivity contribution is 5.67. The van der Waals surface area contributed by atoms with E-state index in [9.17, 15) is 4.79 Å². The number of rotatable bonds is 5. The van der Waals surface area contributed by atoms with E-state index >= 15 is 0 Å². The van der Waals surface area contributed by atoms with Crippen LogP contribution in [0.5, 0.6) is 0 Å². The summed E-state index contributed by atoms with van der Waals surface area (Å²) in [7, 11) is 1.82. The van der Waals surface area contributed by atoms with Crippen LogP contribution >= 0.6 is 0 Å². The lowest BCUT2D eigenvalue weighted by Gasteiger charge is -2.33. The second kappa shape index (κ2) is 8.34. The monoisotopic (exact) mass is 326 g/mol. The third kappa shape index (κ3) is 6.30. The van der Waals surface area contributed by atoms with E-state index in [-0.39, 0.29) is 6.09 Å². The van der Waals surface area contributed by atoms with Crippen LogP contribution in [0.4, 0.5) is 4.79 Å². The van der Waals surface area contributed by atoms with Gasteiger partial charge in [0.25, 0.3) is 0 Å². The number of nitrogens with one attached hydrogen (secondary N) is 2. The van der Waals surface area contributed by atoms with Gasteiger partial charge in [-0.05, 0) is 65.2 Å². The first-order valence-corrected chi connectivity index (χ1v) is 9.13. The van der Waals surface area contributed by atoms with Crippen LogP contribution in [0.2, 0.25) is 0 Å². The topological polar surface area (TPSA) is 59.6 Å². The largest absolute Gasteiger partial charge is 0.444 e. The van der Waals surface area contributed by atoms with Crippen molar-refractivity contribution in [3.63, 3.8) is 0 Å². The van der Waals surface area contributed by atoms with Crippen LogP contribution in [0.1, 0.15) is 65.7 Å². The Morgan fingerprint density at radius 1 is 1.13 bits per heavy atom. The normalized spacial score (nSPS) is 31.8. The van der Waals surface area contributed by atoms with E-state index in [4.69, 9.17) is 9.47 Å². The second-order valence-corrected chi connectivity index (χ2v) is 8.07. The molecular weight excluding hydrogens is 292 g/mol. The summed E-state index contributed by atoms with van der Waals surface area (Å²) in [5.41, 5.74) is -0.436. The molecule has 23 heavy (non-hydrogen) atoms. The Morgan fingerprint density at radius 3 is 2.57 bits per heavy atom. The molecule has 4 unspecified atom stereocenters. The van der Waals surface area contributed by atoms with Gasteiger partial charge in [-0.3, -0.25) is 0 Å². The molecule has 2 rings (SSSR count). The van der Waals surface area contributed by atoms with Crippen molar-refractivity contribution in [2.24, 2.45) is 5.92 Å². The Kier molecular flexibility index (Phi) is 6.72. The first-order chi connectivity index (χ1) is 10.9. The third-order valence-electron chi connectivity index (χ3n) is 4.98. The van der Waals surface area contributed by atoms with Crippen LogP contribution in [0.15, 0.2) is 0 Å². The van der Waals surface area contributed by atoms with Crippen molar-refractivity contribution in [3.05, 3.63) is 0 Å². The Labute approximate surface area is 140 Å². The van der Waals surface area contributed by atoms with Crippen molar-refractivity contribution in [1.82, 2.24) is 10.6 Å². The van der Waals surface area contributed by atoms with Gasteiger partial charge in [-0.1, -0.05) is 6.42 Å². The summed E-state index contributed by atoms with van der Waals surface area (Å²) in [6, 6.07) is 1.06. The summed E-state index contributed by atoms with van der Waals surface area (Å²) >= 11 is 0. The summed E-state index contributed by atoms with van der Waals surface area (Å²) in [5.74, 6) is 0.505. The summed E-state index contributed by atoms with van der Waals surface area (Å²) in [6.07, 6.45) is 8.48. The third-order valence-corrected chi connectivity index (χ3v) is 4.98. The predicted molar refractivity (Wildman–Crippen MR) is 91.6 cm³/mol. The minimum Gasteiger partial charge on any atom is -0.444 e. The Morgan fingerprint density at radius 2 is 1.87 bits per heavy atom. The number of methoxy groups -OCH3 is 1. The fraction of sp³-hybridized carbons (Fsp3) is 0.944. The molecule has 5 heteroatoms. The molecular formula is C18H34N2O3. The lowest BCUT2D eigenvalue weighted by Crippen LogP contribution is -2.46. The Hall–Kier alpha value is -0.810. The second-order valence-electron chi connectivity index (χ2n) is 8.07. The quantitative estimate of drug-likeness (QED) is 0.814. The van der Waals surface area contributed by atoms with Gasteiger partial charge in [0.05, 0.1) is 6.10 Å². The summed E-state index contributed by atoms with van der Waals surface area (Å²) in [5, 5.41) is 6.77. The highest BCUT2D eigenvalue weighted by Gasteiger charge is 2.31. The average Bonchev–Trinajstić information content (AvgIpc) is 2.91. The van der Waals surface area contributed by atoms with Crippen LogP contribution in [-0.2, 0) is 9.47 Å². The molecule has 134 valence electrons. The molecule has 2 fully saturated rings. The van der Waals surface area contributed by atoms with Crippen molar-refractivity contribution >= 4 is 6.09 Å². The fourth-order valence-corrected chi connectivity index (χ4v) is 3.84. The molecule has 2 N–H and O–H groups in total. The molecule has 0 heterocycles. The molecule has 2 aliphatic rings. The molecule has 0 aromatic rings. The minimum atomic E-state index is -0.436. The lowest BCUT2D eigenvalue weighted by atomic mass is 9.91. The maximum atomic E-state index is 11.8. The van der Waals surface area contributed by atoms with Crippen LogP contribution in [0.25, 0.3) is 0 Å². The Balaban J connectivity index is 1.75. The van der Waals surface area contributed by atoms with Gasteiger partial charge in [-0.15, -0.1) is 0 Å². The van der Waals surface area contributed by atoms with Crippen molar-refractivity contribution in [2.45, 2.75) is 89.5 Å². The first-order valence-electron chi connectivity index (χ1n) is 9.13. The average molecular weight is 326 g/mol.